The SMILES string of the molecule is CCCCCCCCCCCCCCCCCCN.[Cl][Ti]. The fraction of sp³-hybridized carbons (Fsp3) is 1.00. The summed E-state index contributed by atoms with van der Waals surface area (Å²) in [6, 6.07) is 0. The van der Waals surface area contributed by atoms with Crippen molar-refractivity contribution in [2.45, 2.75) is 110 Å². The summed E-state index contributed by atoms with van der Waals surface area (Å²) < 4.78 is 0. The van der Waals surface area contributed by atoms with Crippen molar-refractivity contribution in [2.75, 3.05) is 6.54 Å². The number of hydrogen-bond donors (Lipinski definition) is 1. The molecule has 0 heterocycles. The number of unbranched alkanes of at least 4 members (excludes halogenated alkanes) is 15. The van der Waals surface area contributed by atoms with Gasteiger partial charge in [0.15, 0.2) is 0 Å². The van der Waals surface area contributed by atoms with Crippen LogP contribution >= 0.6 is 9.30 Å². The summed E-state index contributed by atoms with van der Waals surface area (Å²) >= 11 is 1.47. The summed E-state index contributed by atoms with van der Waals surface area (Å²) in [6.45, 7) is 3.16. The monoisotopic (exact) mass is 352 g/mol. The van der Waals surface area contributed by atoms with Gasteiger partial charge in [0, 0.05) is 0 Å². The average molecular weight is 353 g/mol. The minimum absolute atomic E-state index is 0.873. The molecule has 0 aromatic heterocycles. The zero-order valence-corrected chi connectivity index (χ0v) is 16.8. The molecule has 0 amide bonds. The first-order valence-electron chi connectivity index (χ1n) is 9.30. The van der Waals surface area contributed by atoms with Gasteiger partial charge >= 0.3 is 28.7 Å². The van der Waals surface area contributed by atoms with Crippen LogP contribution in [0.25, 0.3) is 0 Å². The zero-order chi connectivity index (χ0) is 16.0. The average Bonchev–Trinajstić information content (AvgIpc) is 2.53. The summed E-state index contributed by atoms with van der Waals surface area (Å²) in [5.74, 6) is 0. The van der Waals surface area contributed by atoms with E-state index in [4.69, 9.17) is 5.73 Å². The summed E-state index contributed by atoms with van der Waals surface area (Å²) in [5, 5.41) is 0. The number of nitrogens with two attached hydrogens (primary N) is 1. The van der Waals surface area contributed by atoms with Crippen LogP contribution in [-0.4, -0.2) is 6.54 Å². The van der Waals surface area contributed by atoms with Gasteiger partial charge in [-0.3, -0.25) is 0 Å². The first kappa shape index (κ1) is 24.2. The number of hydrogen-bond acceptors (Lipinski definition) is 1. The van der Waals surface area contributed by atoms with Gasteiger partial charge in [-0.05, 0) is 13.0 Å². The molecule has 0 saturated heterocycles. The molecule has 0 saturated carbocycles. The molecule has 21 heavy (non-hydrogen) atoms. The normalized spacial score (nSPS) is 10.2. The Morgan fingerprint density at radius 2 is 0.762 bits per heavy atom. The molecule has 3 heteroatoms. The molecule has 0 rings (SSSR count). The van der Waals surface area contributed by atoms with Crippen molar-refractivity contribution in [1.82, 2.24) is 0 Å². The molecule has 0 aliphatic rings. The summed E-state index contributed by atoms with van der Waals surface area (Å²) in [5.41, 5.74) is 5.48. The van der Waals surface area contributed by atoms with E-state index in [-0.39, 0.29) is 0 Å². The van der Waals surface area contributed by atoms with Crippen LogP contribution in [-0.2, 0) is 19.4 Å². The van der Waals surface area contributed by atoms with Crippen molar-refractivity contribution in [3.05, 3.63) is 0 Å². The van der Waals surface area contributed by atoms with Gasteiger partial charge in [-0.25, -0.2) is 0 Å². The fourth-order valence-corrected chi connectivity index (χ4v) is 2.69. The molecule has 0 fully saturated rings. The molecule has 0 bridgehead atoms. The second kappa shape index (κ2) is 25.9. The molecule has 0 radical (unpaired) electrons. The standard InChI is InChI=1S/C18H39N.ClH.Ti/c1-2-3-4-5-6-7-8-9-10-11-12-13-14-15-16-17-18-19;;/h2-19H2,1H3;1H;/q;;+1/p-1. The predicted octanol–water partition coefficient (Wildman–Crippen LogP) is 6.89. The molecule has 0 aromatic rings. The number of halogens is 1. The van der Waals surface area contributed by atoms with Crippen molar-refractivity contribution in [2.24, 2.45) is 5.73 Å². The van der Waals surface area contributed by atoms with E-state index in [9.17, 15) is 0 Å². The van der Waals surface area contributed by atoms with Gasteiger partial charge in [-0.1, -0.05) is 103 Å². The van der Waals surface area contributed by atoms with Crippen molar-refractivity contribution in [3.8, 4) is 0 Å². The molecule has 127 valence electrons. The molecule has 0 aliphatic carbocycles. The minimum atomic E-state index is 0.873. The van der Waals surface area contributed by atoms with Crippen LogP contribution in [0, 0.1) is 0 Å². The van der Waals surface area contributed by atoms with E-state index in [0.717, 1.165) is 6.54 Å². The van der Waals surface area contributed by atoms with Gasteiger partial charge in [0.1, 0.15) is 0 Å². The second-order valence-electron chi connectivity index (χ2n) is 6.09. The van der Waals surface area contributed by atoms with Gasteiger partial charge in [0.05, 0.1) is 0 Å². The maximum absolute atomic E-state index is 5.48. The zero-order valence-electron chi connectivity index (χ0n) is 14.5. The Hall–Kier alpha value is 0.964. The van der Waals surface area contributed by atoms with E-state index in [1.807, 2.05) is 0 Å². The Morgan fingerprint density at radius 3 is 1.00 bits per heavy atom. The van der Waals surface area contributed by atoms with Crippen molar-refractivity contribution < 1.29 is 19.4 Å². The van der Waals surface area contributed by atoms with Crippen LogP contribution in [0.15, 0.2) is 0 Å². The van der Waals surface area contributed by atoms with Crippen LogP contribution in [0.2, 0.25) is 0 Å². The Kier molecular flexibility index (Phi) is 29.9. The summed E-state index contributed by atoms with van der Waals surface area (Å²) in [7, 11) is 4.64. The Bertz CT molecular complexity index is 140. The third kappa shape index (κ3) is 26.2. The fourth-order valence-electron chi connectivity index (χ4n) is 2.69. The van der Waals surface area contributed by atoms with Gasteiger partial charge in [-0.15, -0.1) is 0 Å². The summed E-state index contributed by atoms with van der Waals surface area (Å²) in [4.78, 5) is 0. The molecule has 0 spiro atoms. The molecule has 0 unspecified atom stereocenters. The molecular formula is C18H39ClNTi. The quantitative estimate of drug-likeness (QED) is 0.237. The Balaban J connectivity index is 0. The number of rotatable bonds is 16. The molecule has 0 aromatic carbocycles. The predicted molar refractivity (Wildman–Crippen MR) is 94.5 cm³/mol. The van der Waals surface area contributed by atoms with Gasteiger partial charge in [0.25, 0.3) is 0 Å². The van der Waals surface area contributed by atoms with E-state index in [2.05, 4.69) is 16.2 Å². The first-order chi connectivity index (χ1) is 10.4. The van der Waals surface area contributed by atoms with Crippen LogP contribution in [0.5, 0.6) is 0 Å². The third-order valence-electron chi connectivity index (χ3n) is 4.06. The molecular weight excluding hydrogens is 314 g/mol. The Labute approximate surface area is 150 Å². The Morgan fingerprint density at radius 1 is 0.524 bits per heavy atom. The van der Waals surface area contributed by atoms with Crippen molar-refractivity contribution in [3.63, 3.8) is 0 Å². The van der Waals surface area contributed by atoms with E-state index >= 15 is 0 Å². The molecule has 0 aliphatic heterocycles. The van der Waals surface area contributed by atoms with Crippen LogP contribution in [0.3, 0.4) is 0 Å². The van der Waals surface area contributed by atoms with E-state index < -0.39 is 0 Å². The van der Waals surface area contributed by atoms with E-state index in [0.29, 0.717) is 0 Å². The van der Waals surface area contributed by atoms with Crippen LogP contribution in [0.4, 0.5) is 0 Å². The summed E-state index contributed by atoms with van der Waals surface area (Å²) in [6.07, 6.45) is 22.9. The topological polar surface area (TPSA) is 26.0 Å². The first-order valence-corrected chi connectivity index (χ1v) is 11.5. The van der Waals surface area contributed by atoms with Crippen molar-refractivity contribution in [1.29, 1.82) is 0 Å². The molecule has 0 atom stereocenters. The van der Waals surface area contributed by atoms with Crippen LogP contribution in [0.1, 0.15) is 110 Å². The van der Waals surface area contributed by atoms with Gasteiger partial charge in [-0.2, -0.15) is 0 Å². The van der Waals surface area contributed by atoms with Gasteiger partial charge < -0.3 is 5.73 Å². The van der Waals surface area contributed by atoms with Crippen molar-refractivity contribution >= 4 is 9.30 Å². The maximum atomic E-state index is 5.48. The van der Waals surface area contributed by atoms with E-state index in [1.54, 1.807) is 0 Å². The third-order valence-corrected chi connectivity index (χ3v) is 4.06. The molecule has 1 nitrogen and oxygen atoms in total. The molecule has 2 N–H and O–H groups in total. The van der Waals surface area contributed by atoms with E-state index in [1.165, 1.54) is 122 Å². The second-order valence-corrected chi connectivity index (χ2v) is 6.09. The van der Waals surface area contributed by atoms with Crippen LogP contribution < -0.4 is 5.73 Å². The van der Waals surface area contributed by atoms with Gasteiger partial charge in [0.2, 0.25) is 0 Å².